The smallest absolute Gasteiger partial charge is 0.0348 e. The quantitative estimate of drug-likeness (QED) is 0.304. The first-order valence-electron chi connectivity index (χ1n) is 6.69. The van der Waals surface area contributed by atoms with E-state index in [1.165, 1.54) is 64.2 Å². The summed E-state index contributed by atoms with van der Waals surface area (Å²) in [5.74, 6) is 0. The van der Waals surface area contributed by atoms with E-state index < -0.39 is 0 Å². The first-order valence-corrected chi connectivity index (χ1v) is 6.69. The molecule has 0 saturated carbocycles. The normalized spacial score (nSPS) is 11.0. The summed E-state index contributed by atoms with van der Waals surface area (Å²) in [4.78, 5) is 0. The van der Waals surface area contributed by atoms with Crippen LogP contribution in [0.3, 0.4) is 0 Å². The first-order chi connectivity index (χ1) is 7.41. The number of hydrogen-bond acceptors (Lipinski definition) is 0. The molecule has 0 saturated heterocycles. The molecular weight excluding hydrogens is 180 g/mol. The molecule has 0 heteroatoms. The highest BCUT2D eigenvalue weighted by Crippen LogP contribution is 2.10. The molecule has 0 aromatic carbocycles. The maximum atomic E-state index is 3.66. The highest BCUT2D eigenvalue weighted by molar-refractivity contribution is 4.96. The fourth-order valence-electron chi connectivity index (χ4n) is 1.77. The second kappa shape index (κ2) is 13.5. The summed E-state index contributed by atoms with van der Waals surface area (Å²) >= 11 is 0. The number of allylic oxidation sites excluding steroid dienone is 3. The van der Waals surface area contributed by atoms with Gasteiger partial charge in [0, 0.05) is 0 Å². The van der Waals surface area contributed by atoms with Crippen LogP contribution >= 0.6 is 0 Å². The summed E-state index contributed by atoms with van der Waals surface area (Å²) < 4.78 is 0. The SMILES string of the molecule is C=C/C=C\CCCCCCCCCCC. The van der Waals surface area contributed by atoms with Crippen molar-refractivity contribution in [1.29, 1.82) is 0 Å². The van der Waals surface area contributed by atoms with E-state index in [4.69, 9.17) is 0 Å². The van der Waals surface area contributed by atoms with E-state index in [-0.39, 0.29) is 0 Å². The van der Waals surface area contributed by atoms with Crippen LogP contribution in [-0.2, 0) is 0 Å². The molecule has 0 N–H and O–H groups in total. The largest absolute Gasteiger partial charge is 0.0991 e. The van der Waals surface area contributed by atoms with Crippen molar-refractivity contribution in [2.75, 3.05) is 0 Å². The van der Waals surface area contributed by atoms with Crippen molar-refractivity contribution in [3.05, 3.63) is 24.8 Å². The molecule has 0 spiro atoms. The van der Waals surface area contributed by atoms with Crippen molar-refractivity contribution in [3.8, 4) is 0 Å². The third-order valence-corrected chi connectivity index (χ3v) is 2.75. The molecule has 0 nitrogen and oxygen atoms in total. The number of rotatable bonds is 11. The summed E-state index contributed by atoms with van der Waals surface area (Å²) in [6.07, 6.45) is 20.1. The standard InChI is InChI=1S/C15H28/c1-3-5-7-9-11-13-15-14-12-10-8-6-4-2/h3,5,7H,1,4,6,8-15H2,2H3/b7-5-. The van der Waals surface area contributed by atoms with Crippen LogP contribution < -0.4 is 0 Å². The van der Waals surface area contributed by atoms with Crippen LogP contribution in [0.15, 0.2) is 24.8 Å². The molecule has 0 atom stereocenters. The van der Waals surface area contributed by atoms with E-state index >= 15 is 0 Å². The number of hydrogen-bond donors (Lipinski definition) is 0. The molecule has 0 aliphatic carbocycles. The van der Waals surface area contributed by atoms with Crippen LogP contribution in [-0.4, -0.2) is 0 Å². The predicted molar refractivity (Wildman–Crippen MR) is 71.2 cm³/mol. The molecule has 0 fully saturated rings. The first kappa shape index (κ1) is 14.5. The second-order valence-corrected chi connectivity index (χ2v) is 4.28. The van der Waals surface area contributed by atoms with Crippen molar-refractivity contribution in [2.45, 2.75) is 71.1 Å². The minimum Gasteiger partial charge on any atom is -0.0991 e. The van der Waals surface area contributed by atoms with Crippen LogP contribution in [0.5, 0.6) is 0 Å². The lowest BCUT2D eigenvalue weighted by atomic mass is 10.1. The summed E-state index contributed by atoms with van der Waals surface area (Å²) in [5, 5.41) is 0. The van der Waals surface area contributed by atoms with E-state index in [0.717, 1.165) is 0 Å². The second-order valence-electron chi connectivity index (χ2n) is 4.28. The van der Waals surface area contributed by atoms with Gasteiger partial charge in [-0.2, -0.15) is 0 Å². The Morgan fingerprint density at radius 1 is 0.800 bits per heavy atom. The molecule has 0 unspecified atom stereocenters. The van der Waals surface area contributed by atoms with Crippen molar-refractivity contribution >= 4 is 0 Å². The van der Waals surface area contributed by atoms with Crippen LogP contribution in [0.4, 0.5) is 0 Å². The number of unbranched alkanes of at least 4 members (excludes halogenated alkanes) is 9. The molecule has 0 aromatic heterocycles. The molecule has 88 valence electrons. The minimum atomic E-state index is 1.22. The molecule has 0 bridgehead atoms. The van der Waals surface area contributed by atoms with Gasteiger partial charge in [-0.1, -0.05) is 83.1 Å². The van der Waals surface area contributed by atoms with Gasteiger partial charge in [-0.3, -0.25) is 0 Å². The minimum absolute atomic E-state index is 1.22. The van der Waals surface area contributed by atoms with Gasteiger partial charge in [-0.15, -0.1) is 0 Å². The lowest BCUT2D eigenvalue weighted by Crippen LogP contribution is -1.80. The monoisotopic (exact) mass is 208 g/mol. The highest BCUT2D eigenvalue weighted by Gasteiger charge is 1.90. The Morgan fingerprint density at radius 2 is 1.33 bits per heavy atom. The van der Waals surface area contributed by atoms with Crippen molar-refractivity contribution in [2.24, 2.45) is 0 Å². The maximum absolute atomic E-state index is 3.66. The fraction of sp³-hybridized carbons (Fsp3) is 0.733. The van der Waals surface area contributed by atoms with Gasteiger partial charge >= 0.3 is 0 Å². The van der Waals surface area contributed by atoms with E-state index in [2.05, 4.69) is 19.6 Å². The summed E-state index contributed by atoms with van der Waals surface area (Å²) in [5.41, 5.74) is 0. The molecule has 0 radical (unpaired) electrons. The summed E-state index contributed by atoms with van der Waals surface area (Å²) in [6, 6.07) is 0. The van der Waals surface area contributed by atoms with E-state index in [1.807, 2.05) is 12.2 Å². The summed E-state index contributed by atoms with van der Waals surface area (Å²) in [7, 11) is 0. The van der Waals surface area contributed by atoms with Crippen LogP contribution in [0.25, 0.3) is 0 Å². The van der Waals surface area contributed by atoms with E-state index in [0.29, 0.717) is 0 Å². The molecule has 0 amide bonds. The zero-order chi connectivity index (χ0) is 11.2. The molecule has 0 aromatic rings. The lowest BCUT2D eigenvalue weighted by Gasteiger charge is -2.00. The Morgan fingerprint density at radius 3 is 1.87 bits per heavy atom. The fourth-order valence-corrected chi connectivity index (χ4v) is 1.77. The van der Waals surface area contributed by atoms with Gasteiger partial charge in [0.1, 0.15) is 0 Å². The van der Waals surface area contributed by atoms with Crippen LogP contribution in [0, 0.1) is 0 Å². The molecule has 0 heterocycles. The van der Waals surface area contributed by atoms with Crippen molar-refractivity contribution < 1.29 is 0 Å². The van der Waals surface area contributed by atoms with Gasteiger partial charge in [0.05, 0.1) is 0 Å². The highest BCUT2D eigenvalue weighted by atomic mass is 14.0. The summed E-state index contributed by atoms with van der Waals surface area (Å²) in [6.45, 7) is 5.93. The van der Waals surface area contributed by atoms with Crippen molar-refractivity contribution in [3.63, 3.8) is 0 Å². The third kappa shape index (κ3) is 13.5. The van der Waals surface area contributed by atoms with Gasteiger partial charge in [0.25, 0.3) is 0 Å². The zero-order valence-electron chi connectivity index (χ0n) is 10.5. The Balaban J connectivity index is 2.92. The predicted octanol–water partition coefficient (Wildman–Crippen LogP) is 5.65. The Labute approximate surface area is 96.5 Å². The average Bonchev–Trinajstić information content (AvgIpc) is 2.26. The van der Waals surface area contributed by atoms with Gasteiger partial charge in [-0.25, -0.2) is 0 Å². The van der Waals surface area contributed by atoms with E-state index in [9.17, 15) is 0 Å². The van der Waals surface area contributed by atoms with Crippen LogP contribution in [0.1, 0.15) is 71.1 Å². The Kier molecular flexibility index (Phi) is 13.0. The molecule has 0 aliphatic heterocycles. The molecule has 0 aliphatic rings. The van der Waals surface area contributed by atoms with Gasteiger partial charge < -0.3 is 0 Å². The van der Waals surface area contributed by atoms with Crippen molar-refractivity contribution in [1.82, 2.24) is 0 Å². The Bertz CT molecular complexity index is 144. The average molecular weight is 208 g/mol. The van der Waals surface area contributed by atoms with Gasteiger partial charge in [0.15, 0.2) is 0 Å². The molecule has 0 rings (SSSR count). The van der Waals surface area contributed by atoms with Crippen LogP contribution in [0.2, 0.25) is 0 Å². The van der Waals surface area contributed by atoms with Gasteiger partial charge in [0.2, 0.25) is 0 Å². The maximum Gasteiger partial charge on any atom is -0.0348 e. The molecule has 15 heavy (non-hydrogen) atoms. The topological polar surface area (TPSA) is 0 Å². The Hall–Kier alpha value is -0.520. The zero-order valence-corrected chi connectivity index (χ0v) is 10.5. The third-order valence-electron chi connectivity index (χ3n) is 2.75. The van der Waals surface area contributed by atoms with Gasteiger partial charge in [-0.05, 0) is 12.8 Å². The van der Waals surface area contributed by atoms with E-state index in [1.54, 1.807) is 0 Å². The molecular formula is C15H28. The lowest BCUT2D eigenvalue weighted by molar-refractivity contribution is 0.566.